The lowest BCUT2D eigenvalue weighted by Gasteiger charge is -2.36. The van der Waals surface area contributed by atoms with Gasteiger partial charge < -0.3 is 14.4 Å². The summed E-state index contributed by atoms with van der Waals surface area (Å²) < 4.78 is 15.5. The maximum Gasteiger partial charge on any atom is 0.242 e. The molecule has 2 amide bonds. The average Bonchev–Trinajstić information content (AvgIpc) is 3.58. The van der Waals surface area contributed by atoms with Gasteiger partial charge in [-0.05, 0) is 61.9 Å². The Morgan fingerprint density at radius 2 is 1.64 bits per heavy atom. The van der Waals surface area contributed by atoms with Crippen LogP contribution in [0.3, 0.4) is 0 Å². The van der Waals surface area contributed by atoms with E-state index in [4.69, 9.17) is 0 Å². The summed E-state index contributed by atoms with van der Waals surface area (Å²) in [6.07, 6.45) is 14.1. The number of hydrogen-bond donors (Lipinski definition) is 0. The molecule has 0 radical (unpaired) electrons. The summed E-state index contributed by atoms with van der Waals surface area (Å²) in [5.74, 6) is 0.600. The zero-order valence-electron chi connectivity index (χ0n) is 21.8. The van der Waals surface area contributed by atoms with Gasteiger partial charge in [-0.25, -0.2) is 4.39 Å². The van der Waals surface area contributed by atoms with Gasteiger partial charge in [-0.3, -0.25) is 9.59 Å². The number of rotatable bonds is 11. The van der Waals surface area contributed by atoms with Crippen LogP contribution in [0.4, 0.5) is 4.39 Å². The molecule has 0 spiro atoms. The Hall–Kier alpha value is -2.63. The average molecular weight is 496 g/mol. The summed E-state index contributed by atoms with van der Waals surface area (Å²) in [6.45, 7) is 3.87. The Morgan fingerprint density at radius 1 is 0.944 bits per heavy atom. The molecule has 0 atom stereocenters. The third-order valence-electron chi connectivity index (χ3n) is 8.16. The molecule has 1 heterocycles. The van der Waals surface area contributed by atoms with E-state index < -0.39 is 0 Å². The van der Waals surface area contributed by atoms with Crippen molar-refractivity contribution in [3.05, 3.63) is 59.7 Å². The molecule has 0 unspecified atom stereocenters. The highest BCUT2D eigenvalue weighted by molar-refractivity contribution is 5.85. The van der Waals surface area contributed by atoms with Crippen LogP contribution < -0.4 is 0 Å². The summed E-state index contributed by atoms with van der Waals surface area (Å²) in [4.78, 5) is 30.5. The quantitative estimate of drug-likeness (QED) is 0.375. The van der Waals surface area contributed by atoms with Crippen LogP contribution in [0.25, 0.3) is 0 Å². The fourth-order valence-electron chi connectivity index (χ4n) is 5.94. The van der Waals surface area contributed by atoms with Crippen molar-refractivity contribution in [3.8, 4) is 0 Å². The highest BCUT2D eigenvalue weighted by Gasteiger charge is 2.28. The molecule has 4 rings (SSSR count). The number of carbonyl (C=O) groups is 2. The third-order valence-corrected chi connectivity index (χ3v) is 8.16. The van der Waals surface area contributed by atoms with Crippen LogP contribution >= 0.6 is 0 Å². The Labute approximate surface area is 215 Å². The first-order valence-electron chi connectivity index (χ1n) is 14.0. The molecule has 36 heavy (non-hydrogen) atoms. The van der Waals surface area contributed by atoms with Crippen LogP contribution in [0, 0.1) is 11.7 Å². The molecule has 2 aromatic rings. The second-order valence-corrected chi connectivity index (χ2v) is 10.7. The molecule has 6 heteroatoms. The van der Waals surface area contributed by atoms with Crippen LogP contribution in [0.2, 0.25) is 0 Å². The Morgan fingerprint density at radius 3 is 2.33 bits per heavy atom. The van der Waals surface area contributed by atoms with Gasteiger partial charge >= 0.3 is 0 Å². The predicted octanol–water partition coefficient (Wildman–Crippen LogP) is 6.16. The zero-order valence-corrected chi connectivity index (χ0v) is 21.8. The minimum atomic E-state index is -0.237. The largest absolute Gasteiger partial charge is 0.345 e. The van der Waals surface area contributed by atoms with Gasteiger partial charge in [0.2, 0.25) is 11.8 Å². The zero-order chi connectivity index (χ0) is 25.3. The number of amides is 2. The minimum Gasteiger partial charge on any atom is -0.345 e. The molecule has 0 aliphatic heterocycles. The maximum atomic E-state index is 13.7. The number of hydrogen-bond acceptors (Lipinski definition) is 2. The van der Waals surface area contributed by atoms with Crippen molar-refractivity contribution in [2.75, 3.05) is 13.1 Å². The number of halogens is 1. The fourth-order valence-corrected chi connectivity index (χ4v) is 5.94. The summed E-state index contributed by atoms with van der Waals surface area (Å²) in [5, 5.41) is 0. The predicted molar refractivity (Wildman–Crippen MR) is 141 cm³/mol. The van der Waals surface area contributed by atoms with E-state index in [-0.39, 0.29) is 30.2 Å². The Balaban J connectivity index is 1.43. The van der Waals surface area contributed by atoms with Gasteiger partial charge in [0.15, 0.2) is 0 Å². The van der Waals surface area contributed by atoms with Crippen molar-refractivity contribution in [1.82, 2.24) is 14.4 Å². The summed E-state index contributed by atoms with van der Waals surface area (Å²) in [7, 11) is 0. The molecule has 0 bridgehead atoms. The van der Waals surface area contributed by atoms with Crippen LogP contribution in [-0.2, 0) is 22.7 Å². The minimum absolute atomic E-state index is 0.0486. The van der Waals surface area contributed by atoms with E-state index in [2.05, 4.69) is 10.6 Å². The molecule has 5 nitrogen and oxygen atoms in total. The molecule has 2 saturated carbocycles. The van der Waals surface area contributed by atoms with Crippen molar-refractivity contribution >= 4 is 11.8 Å². The Kier molecular flexibility index (Phi) is 9.60. The van der Waals surface area contributed by atoms with Gasteiger partial charge in [0.1, 0.15) is 5.82 Å². The molecular formula is C30H42FN3O2. The van der Waals surface area contributed by atoms with Crippen molar-refractivity contribution in [1.29, 1.82) is 0 Å². The monoisotopic (exact) mass is 495 g/mol. The van der Waals surface area contributed by atoms with Crippen LogP contribution in [0.1, 0.15) is 88.8 Å². The first kappa shape index (κ1) is 26.4. The number of likely N-dealkylation sites (N-methyl/N-ethyl adjacent to an activating group) is 1. The molecule has 1 aromatic carbocycles. The fraction of sp³-hybridized carbons (Fsp3) is 0.600. The second kappa shape index (κ2) is 13.1. The van der Waals surface area contributed by atoms with Gasteiger partial charge in [0, 0.05) is 37.4 Å². The summed E-state index contributed by atoms with van der Waals surface area (Å²) >= 11 is 0. The second-order valence-electron chi connectivity index (χ2n) is 10.7. The number of benzene rings is 1. The molecule has 196 valence electrons. The van der Waals surface area contributed by atoms with Crippen molar-refractivity contribution in [3.63, 3.8) is 0 Å². The van der Waals surface area contributed by atoms with Crippen LogP contribution in [0.5, 0.6) is 0 Å². The van der Waals surface area contributed by atoms with Gasteiger partial charge in [-0.2, -0.15) is 0 Å². The number of aromatic nitrogens is 1. The standard InChI is InChI=1S/C30H42FN3O2/c1-2-32(29(35)19-16-24-9-6-7-10-24)23-30(36)34(27-11-4-3-5-12-27)22-28-13-8-20-33(28)21-25-14-17-26(31)18-15-25/h8,13-15,17-18,20,24,27H,2-7,9-12,16,19,21-23H2,1H3. The highest BCUT2D eigenvalue weighted by atomic mass is 19.1. The molecule has 2 fully saturated rings. The summed E-state index contributed by atoms with van der Waals surface area (Å²) in [5.41, 5.74) is 2.09. The van der Waals surface area contributed by atoms with Gasteiger partial charge in [-0.1, -0.05) is 57.1 Å². The lowest BCUT2D eigenvalue weighted by Crippen LogP contribution is -2.47. The SMILES string of the molecule is CCN(CC(=O)N(Cc1cccn1Cc1ccc(F)cc1)C1CCCCC1)C(=O)CCC1CCCC1. The first-order chi connectivity index (χ1) is 17.5. The van der Waals surface area contributed by atoms with Gasteiger partial charge in [0.25, 0.3) is 0 Å². The molecule has 0 N–H and O–H groups in total. The molecule has 0 saturated heterocycles. The van der Waals surface area contributed by atoms with Crippen molar-refractivity contribution in [2.24, 2.45) is 5.92 Å². The number of nitrogens with zero attached hydrogens (tertiary/aromatic N) is 3. The molecule has 1 aromatic heterocycles. The smallest absolute Gasteiger partial charge is 0.242 e. The lowest BCUT2D eigenvalue weighted by atomic mass is 9.94. The molecular weight excluding hydrogens is 453 g/mol. The van der Waals surface area contributed by atoms with Gasteiger partial charge in [-0.15, -0.1) is 0 Å². The van der Waals surface area contributed by atoms with E-state index in [0.717, 1.165) is 43.4 Å². The molecule has 2 aliphatic carbocycles. The lowest BCUT2D eigenvalue weighted by molar-refractivity contribution is -0.142. The van der Waals surface area contributed by atoms with E-state index in [9.17, 15) is 14.0 Å². The van der Waals surface area contributed by atoms with Crippen molar-refractivity contribution < 1.29 is 14.0 Å². The van der Waals surface area contributed by atoms with E-state index in [0.29, 0.717) is 32.0 Å². The van der Waals surface area contributed by atoms with E-state index in [1.807, 2.05) is 24.1 Å². The van der Waals surface area contributed by atoms with Crippen LogP contribution in [0.15, 0.2) is 42.6 Å². The van der Waals surface area contributed by atoms with E-state index >= 15 is 0 Å². The Bertz CT molecular complexity index is 974. The van der Waals surface area contributed by atoms with Crippen molar-refractivity contribution in [2.45, 2.75) is 96.7 Å². The summed E-state index contributed by atoms with van der Waals surface area (Å²) in [6, 6.07) is 10.9. The van der Waals surface area contributed by atoms with E-state index in [1.54, 1.807) is 17.0 Å². The van der Waals surface area contributed by atoms with E-state index in [1.165, 1.54) is 44.2 Å². The number of carbonyl (C=O) groups excluding carboxylic acids is 2. The molecule has 2 aliphatic rings. The topological polar surface area (TPSA) is 45.6 Å². The maximum absolute atomic E-state index is 13.7. The normalized spacial score (nSPS) is 16.8. The highest BCUT2D eigenvalue weighted by Crippen LogP contribution is 2.29. The van der Waals surface area contributed by atoms with Crippen LogP contribution in [-0.4, -0.2) is 45.3 Å². The first-order valence-corrected chi connectivity index (χ1v) is 14.0. The van der Waals surface area contributed by atoms with Gasteiger partial charge in [0.05, 0.1) is 13.1 Å². The third kappa shape index (κ3) is 7.21.